The summed E-state index contributed by atoms with van der Waals surface area (Å²) in [5.74, 6) is -3.14. The lowest BCUT2D eigenvalue weighted by molar-refractivity contribution is -0.137. The van der Waals surface area contributed by atoms with Crippen molar-refractivity contribution < 1.29 is 14.4 Å². The van der Waals surface area contributed by atoms with Crippen LogP contribution in [0.1, 0.15) is 0 Å². The van der Waals surface area contributed by atoms with Gasteiger partial charge in [0.25, 0.3) is 5.91 Å². The third-order valence-electron chi connectivity index (χ3n) is 0.582. The molecule has 0 aromatic rings. The maximum atomic E-state index is 10.3. The Kier molecular flexibility index (Phi) is 3.29. The van der Waals surface area contributed by atoms with Crippen molar-refractivity contribution in [1.82, 2.24) is 5.43 Å². The molecule has 0 unspecified atom stereocenters. The molecule has 0 radical (unpaired) electrons. The van der Waals surface area contributed by atoms with Gasteiger partial charge in [-0.25, -0.2) is 5.43 Å². The Morgan fingerprint density at radius 1 is 1.27 bits per heavy atom. The molecule has 7 nitrogen and oxygen atoms in total. The van der Waals surface area contributed by atoms with Gasteiger partial charge in [-0.3, -0.25) is 14.4 Å². The van der Waals surface area contributed by atoms with Gasteiger partial charge in [0.15, 0.2) is 0 Å². The molecule has 0 rings (SSSR count). The SMILES string of the molecule is NC(=O)/C=N/NC(=O)C(N)=O. The van der Waals surface area contributed by atoms with Crippen LogP contribution < -0.4 is 16.9 Å². The van der Waals surface area contributed by atoms with Gasteiger partial charge in [-0.05, 0) is 0 Å². The van der Waals surface area contributed by atoms with E-state index < -0.39 is 17.7 Å². The van der Waals surface area contributed by atoms with E-state index in [2.05, 4.69) is 16.6 Å². The van der Waals surface area contributed by atoms with Crippen LogP contribution in [-0.2, 0) is 14.4 Å². The Morgan fingerprint density at radius 3 is 2.18 bits per heavy atom. The number of hydrogen-bond donors (Lipinski definition) is 3. The maximum Gasteiger partial charge on any atom is 0.329 e. The Morgan fingerprint density at radius 2 is 1.82 bits per heavy atom. The lowest BCUT2D eigenvalue weighted by Gasteiger charge is -1.90. The monoisotopic (exact) mass is 158 g/mol. The number of amides is 3. The highest BCUT2D eigenvalue weighted by Gasteiger charge is 2.05. The fourth-order valence-corrected chi connectivity index (χ4v) is 0.210. The number of nitrogens with zero attached hydrogens (tertiary/aromatic N) is 1. The van der Waals surface area contributed by atoms with Gasteiger partial charge in [0, 0.05) is 0 Å². The molecule has 5 N–H and O–H groups in total. The van der Waals surface area contributed by atoms with Crippen molar-refractivity contribution in [2.45, 2.75) is 0 Å². The molecule has 7 heteroatoms. The number of hydrazone groups is 1. The van der Waals surface area contributed by atoms with Gasteiger partial charge in [-0.15, -0.1) is 0 Å². The van der Waals surface area contributed by atoms with Crippen LogP contribution in [-0.4, -0.2) is 23.9 Å². The van der Waals surface area contributed by atoms with E-state index >= 15 is 0 Å². The maximum absolute atomic E-state index is 10.3. The number of nitrogens with two attached hydrogens (primary N) is 2. The molecule has 0 heterocycles. The normalized spacial score (nSPS) is 9.45. The largest absolute Gasteiger partial charge is 0.365 e. The van der Waals surface area contributed by atoms with Crippen molar-refractivity contribution in [3.8, 4) is 0 Å². The summed E-state index contributed by atoms with van der Waals surface area (Å²) in [6.07, 6.45) is 0.640. The Balaban J connectivity index is 3.80. The predicted octanol–water partition coefficient (Wildman–Crippen LogP) is -2.94. The molecule has 0 aromatic heterocycles. The smallest absolute Gasteiger partial charge is 0.329 e. The highest BCUT2D eigenvalue weighted by Crippen LogP contribution is 1.61. The van der Waals surface area contributed by atoms with Crippen LogP contribution >= 0.6 is 0 Å². The van der Waals surface area contributed by atoms with E-state index in [1.807, 2.05) is 0 Å². The van der Waals surface area contributed by atoms with Crippen molar-refractivity contribution in [2.75, 3.05) is 0 Å². The highest BCUT2D eigenvalue weighted by atomic mass is 16.2. The van der Waals surface area contributed by atoms with Crippen molar-refractivity contribution in [2.24, 2.45) is 16.6 Å². The molecule has 11 heavy (non-hydrogen) atoms. The van der Waals surface area contributed by atoms with Crippen molar-refractivity contribution >= 4 is 23.9 Å². The number of rotatable bonds is 2. The topological polar surface area (TPSA) is 128 Å². The summed E-state index contributed by atoms with van der Waals surface area (Å²) in [6, 6.07) is 0. The standard InChI is InChI=1S/C4H6N4O3/c5-2(9)1-7-8-4(11)3(6)10/h1H,(H2,5,9)(H2,6,10)(H,8,11)/b7-1+. The molecular weight excluding hydrogens is 152 g/mol. The van der Waals surface area contributed by atoms with E-state index in [9.17, 15) is 14.4 Å². The molecule has 0 aromatic carbocycles. The van der Waals surface area contributed by atoms with Gasteiger partial charge in [0.2, 0.25) is 0 Å². The lowest BCUT2D eigenvalue weighted by Crippen LogP contribution is -2.33. The van der Waals surface area contributed by atoms with Gasteiger partial charge in [0.05, 0.1) is 0 Å². The fourth-order valence-electron chi connectivity index (χ4n) is 0.210. The Bertz CT molecular complexity index is 221. The first-order chi connectivity index (χ1) is 5.04. The minimum Gasteiger partial charge on any atom is -0.365 e. The molecule has 0 aliphatic carbocycles. The quantitative estimate of drug-likeness (QED) is 0.226. The molecule has 3 amide bonds. The van der Waals surface area contributed by atoms with Crippen LogP contribution in [0.3, 0.4) is 0 Å². The van der Waals surface area contributed by atoms with Crippen LogP contribution in [0.2, 0.25) is 0 Å². The first-order valence-corrected chi connectivity index (χ1v) is 2.46. The molecule has 0 aliphatic rings. The molecule has 0 bridgehead atoms. The van der Waals surface area contributed by atoms with Gasteiger partial charge in [-0.2, -0.15) is 5.10 Å². The number of hydrogen-bond acceptors (Lipinski definition) is 4. The second-order valence-corrected chi connectivity index (χ2v) is 1.47. The number of nitrogens with one attached hydrogen (secondary N) is 1. The van der Waals surface area contributed by atoms with Crippen molar-refractivity contribution in [3.63, 3.8) is 0 Å². The van der Waals surface area contributed by atoms with E-state index in [0.29, 0.717) is 6.21 Å². The Hall–Kier alpha value is -1.92. The van der Waals surface area contributed by atoms with Gasteiger partial charge in [0.1, 0.15) is 6.21 Å². The average Bonchev–Trinajstić information content (AvgIpc) is 1.86. The van der Waals surface area contributed by atoms with E-state index in [4.69, 9.17) is 0 Å². The van der Waals surface area contributed by atoms with Crippen LogP contribution in [0.5, 0.6) is 0 Å². The summed E-state index contributed by atoms with van der Waals surface area (Å²) >= 11 is 0. The number of carbonyl (C=O) groups is 3. The van der Waals surface area contributed by atoms with E-state index in [-0.39, 0.29) is 0 Å². The zero-order chi connectivity index (χ0) is 8.85. The third kappa shape index (κ3) is 4.58. The second-order valence-electron chi connectivity index (χ2n) is 1.47. The summed E-state index contributed by atoms with van der Waals surface area (Å²) in [7, 11) is 0. The van der Waals surface area contributed by atoms with Crippen LogP contribution in [0.25, 0.3) is 0 Å². The molecule has 0 atom stereocenters. The summed E-state index contributed by atoms with van der Waals surface area (Å²) < 4.78 is 0. The van der Waals surface area contributed by atoms with Crippen LogP contribution in [0.4, 0.5) is 0 Å². The van der Waals surface area contributed by atoms with E-state index in [1.165, 1.54) is 0 Å². The summed E-state index contributed by atoms with van der Waals surface area (Å²) in [4.78, 5) is 30.2. The van der Waals surface area contributed by atoms with Gasteiger partial charge in [-0.1, -0.05) is 0 Å². The third-order valence-corrected chi connectivity index (χ3v) is 0.582. The second kappa shape index (κ2) is 3.99. The fraction of sp³-hybridized carbons (Fsp3) is 0. The van der Waals surface area contributed by atoms with E-state index in [1.54, 1.807) is 5.43 Å². The summed E-state index contributed by atoms with van der Waals surface area (Å²) in [6.45, 7) is 0. The minimum absolute atomic E-state index is 0.640. The predicted molar refractivity (Wildman–Crippen MR) is 35.0 cm³/mol. The van der Waals surface area contributed by atoms with Crippen LogP contribution in [0, 0.1) is 0 Å². The first-order valence-electron chi connectivity index (χ1n) is 2.46. The van der Waals surface area contributed by atoms with Crippen LogP contribution in [0.15, 0.2) is 5.10 Å². The summed E-state index contributed by atoms with van der Waals surface area (Å²) in [5, 5.41) is 2.99. The zero-order valence-corrected chi connectivity index (χ0v) is 5.40. The number of carbonyl (C=O) groups excluding carboxylic acids is 3. The van der Waals surface area contributed by atoms with Crippen molar-refractivity contribution in [3.05, 3.63) is 0 Å². The molecule has 0 saturated carbocycles. The van der Waals surface area contributed by atoms with E-state index in [0.717, 1.165) is 0 Å². The first kappa shape index (κ1) is 9.08. The average molecular weight is 158 g/mol. The summed E-state index contributed by atoms with van der Waals surface area (Å²) in [5.41, 5.74) is 10.8. The number of primary amides is 2. The highest BCUT2D eigenvalue weighted by molar-refractivity contribution is 6.34. The molecule has 0 fully saturated rings. The molecular formula is C4H6N4O3. The van der Waals surface area contributed by atoms with Crippen molar-refractivity contribution in [1.29, 1.82) is 0 Å². The lowest BCUT2D eigenvalue weighted by atomic mass is 10.6. The molecule has 0 saturated heterocycles. The molecule has 0 aliphatic heterocycles. The van der Waals surface area contributed by atoms with Gasteiger partial charge >= 0.3 is 11.8 Å². The molecule has 0 spiro atoms. The minimum atomic E-state index is -1.19. The van der Waals surface area contributed by atoms with Gasteiger partial charge < -0.3 is 11.5 Å². The Labute approximate surface area is 61.4 Å². The zero-order valence-electron chi connectivity index (χ0n) is 5.40. The molecule has 60 valence electrons.